The molecule has 0 aliphatic rings. The zero-order valence-electron chi connectivity index (χ0n) is 32.0. The predicted octanol–water partition coefficient (Wildman–Crippen LogP) is 16.3. The van der Waals surface area contributed by atoms with Crippen molar-refractivity contribution in [2.45, 2.75) is 0 Å². The van der Waals surface area contributed by atoms with Crippen LogP contribution in [0.3, 0.4) is 0 Å². The highest BCUT2D eigenvalue weighted by atomic mass is 16.3. The van der Waals surface area contributed by atoms with Crippen LogP contribution in [-0.4, -0.2) is 0 Å². The molecule has 276 valence electrons. The molecule has 2 heterocycles. The zero-order chi connectivity index (χ0) is 38.9. The van der Waals surface area contributed by atoms with Gasteiger partial charge in [-0.3, -0.25) is 0 Å². The summed E-state index contributed by atoms with van der Waals surface area (Å²) in [5, 5.41) is 9.32. The summed E-state index contributed by atoms with van der Waals surface area (Å²) in [6, 6.07) is 75.8. The number of rotatable bonds is 6. The van der Waals surface area contributed by atoms with Crippen LogP contribution in [0.5, 0.6) is 0 Å². The van der Waals surface area contributed by atoms with Crippen LogP contribution in [0.4, 0.5) is 17.1 Å². The molecule has 12 rings (SSSR count). The first-order chi connectivity index (χ1) is 29.2. The molecule has 12 aromatic rings. The molecule has 3 heteroatoms. The number of nitrogens with zero attached hydrogens (tertiary/aromatic N) is 1. The Balaban J connectivity index is 1.10. The summed E-state index contributed by atoms with van der Waals surface area (Å²) in [5.41, 5.74) is 13.4. The fourth-order valence-electron chi connectivity index (χ4n) is 9.07. The van der Waals surface area contributed by atoms with E-state index in [0.717, 1.165) is 83.2 Å². The van der Waals surface area contributed by atoms with Gasteiger partial charge in [0, 0.05) is 44.0 Å². The first-order valence-corrected chi connectivity index (χ1v) is 20.1. The normalized spacial score (nSPS) is 11.7. The Morgan fingerprint density at radius 3 is 1.68 bits per heavy atom. The molecule has 0 atom stereocenters. The lowest BCUT2D eigenvalue weighted by molar-refractivity contribution is 0.669. The maximum Gasteiger partial charge on any atom is 0.143 e. The van der Waals surface area contributed by atoms with Crippen molar-refractivity contribution in [2.75, 3.05) is 4.90 Å². The van der Waals surface area contributed by atoms with Gasteiger partial charge in [0.1, 0.15) is 22.3 Å². The molecular weight excluding hydrogens is 719 g/mol. The monoisotopic (exact) mass is 753 g/mol. The second-order valence-corrected chi connectivity index (χ2v) is 15.2. The van der Waals surface area contributed by atoms with Crippen LogP contribution in [0.25, 0.3) is 98.8 Å². The molecule has 0 spiro atoms. The van der Waals surface area contributed by atoms with Gasteiger partial charge in [-0.2, -0.15) is 0 Å². The van der Waals surface area contributed by atoms with Crippen molar-refractivity contribution in [3.05, 3.63) is 212 Å². The van der Waals surface area contributed by atoms with E-state index < -0.39 is 0 Å². The molecule has 0 aliphatic carbocycles. The van der Waals surface area contributed by atoms with Crippen molar-refractivity contribution in [2.24, 2.45) is 0 Å². The standard InChI is InChI=1S/C56H35NO2/c1-2-11-36(12-3-1)37-25-29-42(30-26-37)57(43-31-27-39(28-32-43)45-17-10-18-47-46-15-6-8-19-51(46)59-56(45)47)50-33-34-53-55(48-16-7-9-20-52(48)58-53)54(50)41-24-23-40-22-21-38-13-4-5-14-44(38)49(40)35-41/h1-35H. The summed E-state index contributed by atoms with van der Waals surface area (Å²) < 4.78 is 13.1. The molecule has 0 saturated heterocycles. The summed E-state index contributed by atoms with van der Waals surface area (Å²) in [6.07, 6.45) is 0. The van der Waals surface area contributed by atoms with Crippen molar-refractivity contribution in [3.63, 3.8) is 0 Å². The van der Waals surface area contributed by atoms with E-state index in [4.69, 9.17) is 8.83 Å². The van der Waals surface area contributed by atoms with Crippen molar-refractivity contribution in [3.8, 4) is 33.4 Å². The maximum absolute atomic E-state index is 6.58. The second-order valence-electron chi connectivity index (χ2n) is 15.2. The molecule has 0 aliphatic heterocycles. The van der Waals surface area contributed by atoms with Crippen LogP contribution in [-0.2, 0) is 0 Å². The largest absolute Gasteiger partial charge is 0.456 e. The topological polar surface area (TPSA) is 29.5 Å². The highest BCUT2D eigenvalue weighted by molar-refractivity contribution is 6.18. The zero-order valence-corrected chi connectivity index (χ0v) is 32.0. The number of anilines is 3. The van der Waals surface area contributed by atoms with Crippen LogP contribution in [0.2, 0.25) is 0 Å². The van der Waals surface area contributed by atoms with Gasteiger partial charge >= 0.3 is 0 Å². The van der Waals surface area contributed by atoms with E-state index >= 15 is 0 Å². The van der Waals surface area contributed by atoms with Crippen LogP contribution in [0, 0.1) is 0 Å². The minimum Gasteiger partial charge on any atom is -0.456 e. The van der Waals surface area contributed by atoms with Gasteiger partial charge in [0.15, 0.2) is 0 Å². The van der Waals surface area contributed by atoms with E-state index in [1.807, 2.05) is 18.2 Å². The van der Waals surface area contributed by atoms with Crippen LogP contribution in [0.15, 0.2) is 221 Å². The molecule has 3 nitrogen and oxygen atoms in total. The molecule has 10 aromatic carbocycles. The lowest BCUT2D eigenvalue weighted by Crippen LogP contribution is -2.11. The average molecular weight is 754 g/mol. The van der Waals surface area contributed by atoms with Crippen molar-refractivity contribution in [1.82, 2.24) is 0 Å². The number of hydrogen-bond acceptors (Lipinski definition) is 3. The Bertz CT molecular complexity index is 3540. The van der Waals surface area contributed by atoms with Crippen LogP contribution < -0.4 is 4.90 Å². The third-order valence-electron chi connectivity index (χ3n) is 11.9. The minimum absolute atomic E-state index is 0.858. The molecule has 0 fully saturated rings. The van der Waals surface area contributed by atoms with E-state index in [-0.39, 0.29) is 0 Å². The van der Waals surface area contributed by atoms with E-state index in [9.17, 15) is 0 Å². The number of hydrogen-bond donors (Lipinski definition) is 0. The summed E-state index contributed by atoms with van der Waals surface area (Å²) in [5.74, 6) is 0. The quantitative estimate of drug-likeness (QED) is 0.158. The van der Waals surface area contributed by atoms with Gasteiger partial charge in [-0.25, -0.2) is 0 Å². The molecule has 0 saturated carbocycles. The number of furan rings is 2. The van der Waals surface area contributed by atoms with Crippen LogP contribution in [0.1, 0.15) is 0 Å². The van der Waals surface area contributed by atoms with E-state index in [1.54, 1.807) is 0 Å². The first kappa shape index (κ1) is 33.3. The predicted molar refractivity (Wildman–Crippen MR) is 247 cm³/mol. The molecular formula is C56H35NO2. The molecule has 0 bridgehead atoms. The van der Waals surface area contributed by atoms with E-state index in [1.165, 1.54) is 32.7 Å². The smallest absolute Gasteiger partial charge is 0.143 e. The van der Waals surface area contributed by atoms with Gasteiger partial charge in [0.2, 0.25) is 0 Å². The van der Waals surface area contributed by atoms with Gasteiger partial charge in [-0.05, 0) is 98.4 Å². The Kier molecular flexibility index (Phi) is 7.54. The lowest BCUT2D eigenvalue weighted by atomic mass is 9.92. The van der Waals surface area contributed by atoms with Crippen molar-refractivity contribution >= 4 is 82.5 Å². The first-order valence-electron chi connectivity index (χ1n) is 20.1. The number of para-hydroxylation sites is 3. The average Bonchev–Trinajstić information content (AvgIpc) is 3.88. The van der Waals surface area contributed by atoms with Crippen molar-refractivity contribution in [1.29, 1.82) is 0 Å². The summed E-state index contributed by atoms with van der Waals surface area (Å²) in [4.78, 5) is 2.39. The summed E-state index contributed by atoms with van der Waals surface area (Å²) in [6.45, 7) is 0. The molecule has 0 radical (unpaired) electrons. The molecule has 0 N–H and O–H groups in total. The summed E-state index contributed by atoms with van der Waals surface area (Å²) >= 11 is 0. The van der Waals surface area contributed by atoms with Gasteiger partial charge < -0.3 is 13.7 Å². The van der Waals surface area contributed by atoms with Gasteiger partial charge in [-0.15, -0.1) is 0 Å². The third kappa shape index (κ3) is 5.44. The Labute approximate surface area is 340 Å². The fourth-order valence-corrected chi connectivity index (χ4v) is 9.07. The van der Waals surface area contributed by atoms with Gasteiger partial charge in [0.05, 0.1) is 5.69 Å². The minimum atomic E-state index is 0.858. The molecule has 0 amide bonds. The Hall–Kier alpha value is -7.88. The van der Waals surface area contributed by atoms with E-state index in [0.29, 0.717) is 0 Å². The Morgan fingerprint density at radius 1 is 0.322 bits per heavy atom. The highest BCUT2D eigenvalue weighted by Gasteiger charge is 2.23. The summed E-state index contributed by atoms with van der Waals surface area (Å²) in [7, 11) is 0. The van der Waals surface area contributed by atoms with Crippen LogP contribution >= 0.6 is 0 Å². The second kappa shape index (κ2) is 13.4. The van der Waals surface area contributed by atoms with Gasteiger partial charge in [-0.1, -0.05) is 158 Å². The SMILES string of the molecule is c1ccc(-c2ccc(N(c3ccc(-c4cccc5c4oc4ccccc45)cc3)c3ccc4oc5ccccc5c4c3-c3ccc4ccc5ccccc5c4c3)cc2)cc1. The number of benzene rings is 10. The van der Waals surface area contributed by atoms with Gasteiger partial charge in [0.25, 0.3) is 0 Å². The van der Waals surface area contributed by atoms with E-state index in [2.05, 4.69) is 199 Å². The highest BCUT2D eigenvalue weighted by Crippen LogP contribution is 2.48. The molecule has 2 aromatic heterocycles. The lowest BCUT2D eigenvalue weighted by Gasteiger charge is -2.29. The molecule has 0 unspecified atom stereocenters. The third-order valence-corrected chi connectivity index (χ3v) is 11.9. The maximum atomic E-state index is 6.58. The number of fused-ring (bicyclic) bond motifs is 9. The van der Waals surface area contributed by atoms with Crippen molar-refractivity contribution < 1.29 is 8.83 Å². The Morgan fingerprint density at radius 2 is 0.898 bits per heavy atom. The fraction of sp³-hybridized carbons (Fsp3) is 0. The molecule has 59 heavy (non-hydrogen) atoms.